The second-order valence-electron chi connectivity index (χ2n) is 7.57. The summed E-state index contributed by atoms with van der Waals surface area (Å²) in [7, 11) is 0. The fraction of sp³-hybridized carbons (Fsp3) is 0.381. The molecule has 1 fully saturated rings. The molecule has 2 aliphatic rings. The number of nitrogens with one attached hydrogen (secondary N) is 2. The standard InChI is InChI=1S/C21H25N5O4S/c1-3-15(17-11-13(2)12-30-17)22-19-20(25-31(29)24-19)23-16-8-6-7-14(18(16)27)21(28)26-9-4-5-10-26/h6-8,11-12,15,27H,3-5,9-10H2,1-2H3,(H,22,24)(H,23,25). The van der Waals surface area contributed by atoms with E-state index in [1.54, 1.807) is 29.4 Å². The largest absolute Gasteiger partial charge is 0.505 e. The number of likely N-dealkylation sites (tertiary alicyclic amines) is 1. The van der Waals surface area contributed by atoms with Crippen molar-refractivity contribution in [3.05, 3.63) is 47.4 Å². The van der Waals surface area contributed by atoms with E-state index in [1.807, 2.05) is 19.9 Å². The lowest BCUT2D eigenvalue weighted by Gasteiger charge is -2.19. The average molecular weight is 444 g/mol. The molecular formula is C21H25N5O4S. The lowest BCUT2D eigenvalue weighted by Crippen LogP contribution is -2.36. The van der Waals surface area contributed by atoms with Gasteiger partial charge in [0.25, 0.3) is 17.1 Å². The highest BCUT2D eigenvalue weighted by Crippen LogP contribution is 2.30. The maximum atomic E-state index is 12.7. The summed E-state index contributed by atoms with van der Waals surface area (Å²) < 4.78 is 25.7. The predicted molar refractivity (Wildman–Crippen MR) is 119 cm³/mol. The fourth-order valence-corrected chi connectivity index (χ4v) is 4.27. The van der Waals surface area contributed by atoms with Gasteiger partial charge in [-0.15, -0.1) is 8.80 Å². The van der Waals surface area contributed by atoms with Crippen molar-refractivity contribution in [3.8, 4) is 5.75 Å². The summed E-state index contributed by atoms with van der Waals surface area (Å²) in [6, 6.07) is 6.64. The summed E-state index contributed by atoms with van der Waals surface area (Å²) in [5.41, 5.74) is 1.51. The van der Waals surface area contributed by atoms with Crippen molar-refractivity contribution in [1.82, 2.24) is 10.2 Å². The van der Waals surface area contributed by atoms with E-state index in [2.05, 4.69) is 19.4 Å². The molecule has 4 rings (SSSR count). The van der Waals surface area contributed by atoms with Crippen LogP contribution in [0, 0.1) is 6.92 Å². The van der Waals surface area contributed by atoms with Crippen molar-refractivity contribution >= 4 is 34.4 Å². The molecule has 0 spiro atoms. The Morgan fingerprint density at radius 2 is 2.03 bits per heavy atom. The Kier molecular flexibility index (Phi) is 6.08. The van der Waals surface area contributed by atoms with Crippen LogP contribution in [0.15, 0.2) is 43.7 Å². The Hall–Kier alpha value is -3.14. The first-order valence-corrected chi connectivity index (χ1v) is 11.3. The van der Waals surface area contributed by atoms with Crippen LogP contribution in [0.5, 0.6) is 5.75 Å². The van der Waals surface area contributed by atoms with Gasteiger partial charge in [-0.25, -0.2) is 4.21 Å². The maximum Gasteiger partial charge on any atom is 0.269 e. The van der Waals surface area contributed by atoms with Gasteiger partial charge >= 0.3 is 0 Å². The Morgan fingerprint density at radius 1 is 1.29 bits per heavy atom. The number of nitrogens with zero attached hydrogens (tertiary/aromatic N) is 3. The third-order valence-electron chi connectivity index (χ3n) is 5.29. The van der Waals surface area contributed by atoms with E-state index >= 15 is 0 Å². The Bertz CT molecular complexity index is 1070. The van der Waals surface area contributed by atoms with Crippen molar-refractivity contribution in [2.24, 2.45) is 8.80 Å². The quantitative estimate of drug-likeness (QED) is 0.611. The number of para-hydroxylation sites is 1. The first-order chi connectivity index (χ1) is 15.0. The zero-order valence-electron chi connectivity index (χ0n) is 17.4. The minimum Gasteiger partial charge on any atom is -0.505 e. The molecule has 1 saturated heterocycles. The highest BCUT2D eigenvalue weighted by molar-refractivity contribution is 7.83. The third kappa shape index (κ3) is 4.48. The van der Waals surface area contributed by atoms with Crippen LogP contribution < -0.4 is 10.6 Å². The molecule has 0 radical (unpaired) electrons. The number of aryl methyl sites for hydroxylation is 1. The molecule has 9 nitrogen and oxygen atoms in total. The lowest BCUT2D eigenvalue weighted by atomic mass is 10.1. The Labute approximate surface area is 183 Å². The molecule has 2 unspecified atom stereocenters. The van der Waals surface area contributed by atoms with E-state index in [4.69, 9.17) is 4.42 Å². The molecule has 0 aliphatic carbocycles. The summed E-state index contributed by atoms with van der Waals surface area (Å²) in [5.74, 6) is 0.881. The highest BCUT2D eigenvalue weighted by atomic mass is 32.2. The zero-order valence-corrected chi connectivity index (χ0v) is 18.2. The SMILES string of the molecule is CCC(NC1=NS(=O)N=C1Nc1cccc(C(=O)N2CCCC2)c1O)c1cc(C)co1. The molecule has 31 heavy (non-hydrogen) atoms. The van der Waals surface area contributed by atoms with Gasteiger partial charge in [-0.2, -0.15) is 0 Å². The van der Waals surface area contributed by atoms with Gasteiger partial charge in [-0.05, 0) is 49.9 Å². The Balaban J connectivity index is 1.53. The second-order valence-corrected chi connectivity index (χ2v) is 8.39. The number of amides is 1. The van der Waals surface area contributed by atoms with Crippen LogP contribution in [-0.2, 0) is 11.2 Å². The van der Waals surface area contributed by atoms with Gasteiger partial charge in [-0.3, -0.25) is 4.79 Å². The summed E-state index contributed by atoms with van der Waals surface area (Å²) in [6.07, 6.45) is 4.30. The lowest BCUT2D eigenvalue weighted by molar-refractivity contribution is 0.0790. The molecule has 2 atom stereocenters. The summed E-state index contributed by atoms with van der Waals surface area (Å²) >= 11 is -1.79. The first-order valence-electron chi connectivity index (χ1n) is 10.3. The van der Waals surface area contributed by atoms with Gasteiger partial charge in [0.2, 0.25) is 0 Å². The van der Waals surface area contributed by atoms with E-state index in [0.29, 0.717) is 31.0 Å². The molecule has 2 aromatic rings. The van der Waals surface area contributed by atoms with Crippen molar-refractivity contribution < 1.29 is 18.5 Å². The number of carbonyl (C=O) groups excluding carboxylic acids is 1. The van der Waals surface area contributed by atoms with E-state index in [0.717, 1.165) is 24.2 Å². The molecule has 3 heterocycles. The summed E-state index contributed by atoms with van der Waals surface area (Å²) in [6.45, 7) is 5.31. The number of rotatable bonds is 5. The van der Waals surface area contributed by atoms with Crippen LogP contribution in [0.1, 0.15) is 53.9 Å². The zero-order chi connectivity index (χ0) is 22.0. The molecule has 164 valence electrons. The number of anilines is 1. The fourth-order valence-electron chi connectivity index (χ4n) is 3.65. The van der Waals surface area contributed by atoms with Gasteiger partial charge in [0, 0.05) is 13.1 Å². The number of carbonyl (C=O) groups is 1. The van der Waals surface area contributed by atoms with E-state index in [-0.39, 0.29) is 29.1 Å². The van der Waals surface area contributed by atoms with Gasteiger partial charge in [0.05, 0.1) is 23.6 Å². The molecule has 1 amide bonds. The molecule has 3 N–H and O–H groups in total. The number of phenols is 1. The normalized spacial score (nSPS) is 19.2. The Morgan fingerprint density at radius 3 is 2.71 bits per heavy atom. The number of benzene rings is 1. The number of amidine groups is 2. The van der Waals surface area contributed by atoms with Crippen molar-refractivity contribution in [2.75, 3.05) is 18.4 Å². The number of furan rings is 1. The van der Waals surface area contributed by atoms with Crippen LogP contribution in [0.25, 0.3) is 0 Å². The molecule has 0 saturated carbocycles. The van der Waals surface area contributed by atoms with Gasteiger partial charge in [0.15, 0.2) is 17.4 Å². The highest BCUT2D eigenvalue weighted by Gasteiger charge is 2.27. The van der Waals surface area contributed by atoms with Crippen molar-refractivity contribution in [1.29, 1.82) is 0 Å². The summed E-state index contributed by atoms with van der Waals surface area (Å²) in [5, 5.41) is 16.9. The first kappa shape index (κ1) is 21.1. The van der Waals surface area contributed by atoms with Crippen LogP contribution >= 0.6 is 0 Å². The van der Waals surface area contributed by atoms with Crippen molar-refractivity contribution in [3.63, 3.8) is 0 Å². The second kappa shape index (κ2) is 8.93. The van der Waals surface area contributed by atoms with Crippen LogP contribution in [0.3, 0.4) is 0 Å². The van der Waals surface area contributed by atoms with Crippen LogP contribution in [0.4, 0.5) is 5.69 Å². The summed E-state index contributed by atoms with van der Waals surface area (Å²) in [4.78, 5) is 14.5. The monoisotopic (exact) mass is 443 g/mol. The number of aromatic hydroxyl groups is 1. The number of hydrogen-bond acceptors (Lipinski definition) is 6. The maximum absolute atomic E-state index is 12.7. The topological polar surface area (TPSA) is 120 Å². The third-order valence-corrected chi connectivity index (χ3v) is 5.97. The molecule has 0 bridgehead atoms. The van der Waals surface area contributed by atoms with Gasteiger partial charge in [-0.1, -0.05) is 13.0 Å². The molecular weight excluding hydrogens is 418 g/mol. The van der Waals surface area contributed by atoms with Gasteiger partial charge in [0.1, 0.15) is 5.76 Å². The smallest absolute Gasteiger partial charge is 0.269 e. The van der Waals surface area contributed by atoms with Crippen LogP contribution in [0.2, 0.25) is 0 Å². The van der Waals surface area contributed by atoms with E-state index in [9.17, 15) is 14.1 Å². The van der Waals surface area contributed by atoms with Crippen LogP contribution in [-0.4, -0.2) is 44.9 Å². The van der Waals surface area contributed by atoms with Gasteiger partial charge < -0.3 is 25.1 Å². The average Bonchev–Trinajstić information content (AvgIpc) is 3.49. The van der Waals surface area contributed by atoms with E-state index < -0.39 is 11.2 Å². The molecule has 1 aromatic heterocycles. The van der Waals surface area contributed by atoms with E-state index in [1.165, 1.54) is 0 Å². The molecule has 2 aliphatic heterocycles. The number of phenolic OH excluding ortho intramolecular Hbond substituents is 1. The molecule has 10 heteroatoms. The minimum atomic E-state index is -1.79. The number of hydrogen-bond donors (Lipinski definition) is 3. The minimum absolute atomic E-state index is 0.173. The van der Waals surface area contributed by atoms with Crippen molar-refractivity contribution in [2.45, 2.75) is 39.2 Å². The predicted octanol–water partition coefficient (Wildman–Crippen LogP) is 3.07. The molecule has 1 aromatic carbocycles.